The summed E-state index contributed by atoms with van der Waals surface area (Å²) in [7, 11) is 0. The lowest BCUT2D eigenvalue weighted by atomic mass is 9.48. The summed E-state index contributed by atoms with van der Waals surface area (Å²) in [6.07, 6.45) is 9.75. The van der Waals surface area contributed by atoms with Crippen LogP contribution in [0.5, 0.6) is 0 Å². The smallest absolute Gasteiger partial charge is 0.0561 e. The molecule has 1 aromatic heterocycles. The van der Waals surface area contributed by atoms with Crippen molar-refractivity contribution in [3.63, 3.8) is 0 Å². The van der Waals surface area contributed by atoms with Gasteiger partial charge in [0.15, 0.2) is 0 Å². The third-order valence-corrected chi connectivity index (χ3v) is 15.8. The number of aromatic nitrogens is 1. The first-order valence-electron chi connectivity index (χ1n) is 22.7. The fourth-order valence-corrected chi connectivity index (χ4v) is 13.8. The molecule has 7 aromatic carbocycles. The molecule has 1 heterocycles. The van der Waals surface area contributed by atoms with Crippen LogP contribution in [-0.2, 0) is 16.2 Å². The Hall–Kier alpha value is -5.60. The molecule has 60 heavy (non-hydrogen) atoms. The molecule has 4 bridgehead atoms. The molecule has 2 nitrogen and oxygen atoms in total. The van der Waals surface area contributed by atoms with Gasteiger partial charge in [0.25, 0.3) is 0 Å². The molecule has 0 aliphatic heterocycles. The number of para-hydroxylation sites is 1. The highest BCUT2D eigenvalue weighted by Gasteiger charge is 2.51. The molecule has 5 aliphatic rings. The molecule has 0 amide bonds. The highest BCUT2D eigenvalue weighted by Crippen LogP contribution is 2.61. The maximum Gasteiger partial charge on any atom is 0.0561 e. The molecule has 13 rings (SSSR count). The van der Waals surface area contributed by atoms with E-state index in [1.807, 2.05) is 0 Å². The Morgan fingerprint density at radius 2 is 1.15 bits per heavy atom. The molecule has 4 fully saturated rings. The molecule has 0 spiro atoms. The largest absolute Gasteiger partial charge is 0.310 e. The molecule has 8 aromatic rings. The molecule has 4 saturated carbocycles. The molecule has 0 N–H and O–H groups in total. The molecule has 0 radical (unpaired) electrons. The van der Waals surface area contributed by atoms with Gasteiger partial charge < -0.3 is 9.47 Å². The standard InChI is InChI=1S/C58H56N2/c1-37-14-19-47(31-51(37)43-16-25-52-53(30-43)57(4,5)36-56(52,2)3)60-54-13-9-8-12-49(54)50-24-23-48(32-55(50)60)59(46-20-15-41-10-6-7-11-42(41)29-46)45-21-17-44(18-22-45)58-33-38-26-39(34-58)28-40(27-38)35-58/h6-25,29-32,38-40H,26-28,33-36H2,1-5H3. The van der Waals surface area contributed by atoms with E-state index in [9.17, 15) is 0 Å². The lowest BCUT2D eigenvalue weighted by Gasteiger charge is -2.57. The monoisotopic (exact) mass is 780 g/mol. The zero-order chi connectivity index (χ0) is 40.5. The second-order valence-corrected chi connectivity index (χ2v) is 20.9. The molecule has 0 unspecified atom stereocenters. The van der Waals surface area contributed by atoms with Gasteiger partial charge in [-0.15, -0.1) is 0 Å². The van der Waals surface area contributed by atoms with E-state index in [1.54, 1.807) is 5.56 Å². The number of anilines is 3. The number of nitrogens with zero attached hydrogens (tertiary/aromatic N) is 2. The summed E-state index contributed by atoms with van der Waals surface area (Å²) in [5.41, 5.74) is 16.4. The Kier molecular flexibility index (Phi) is 7.83. The lowest BCUT2D eigenvalue weighted by molar-refractivity contribution is -0.00518. The number of benzene rings is 7. The van der Waals surface area contributed by atoms with Crippen LogP contribution in [0.1, 0.15) is 94.9 Å². The van der Waals surface area contributed by atoms with Gasteiger partial charge in [0.2, 0.25) is 0 Å². The summed E-state index contributed by atoms with van der Waals surface area (Å²) in [4.78, 5) is 2.49. The molecular formula is C58H56N2. The van der Waals surface area contributed by atoms with Crippen LogP contribution < -0.4 is 4.90 Å². The zero-order valence-corrected chi connectivity index (χ0v) is 35.9. The zero-order valence-electron chi connectivity index (χ0n) is 35.9. The third-order valence-electron chi connectivity index (χ3n) is 15.8. The average Bonchev–Trinajstić information content (AvgIpc) is 3.66. The number of rotatable bonds is 6. The fraction of sp³-hybridized carbons (Fsp3) is 0.310. The summed E-state index contributed by atoms with van der Waals surface area (Å²) >= 11 is 0. The van der Waals surface area contributed by atoms with Crippen LogP contribution >= 0.6 is 0 Å². The minimum atomic E-state index is 0.148. The summed E-state index contributed by atoms with van der Waals surface area (Å²) < 4.78 is 2.51. The van der Waals surface area contributed by atoms with Gasteiger partial charge in [-0.1, -0.05) is 119 Å². The second-order valence-electron chi connectivity index (χ2n) is 20.9. The van der Waals surface area contributed by atoms with E-state index >= 15 is 0 Å². The summed E-state index contributed by atoms with van der Waals surface area (Å²) in [5, 5.41) is 5.07. The third kappa shape index (κ3) is 5.59. The van der Waals surface area contributed by atoms with Gasteiger partial charge in [-0.05, 0) is 185 Å². The minimum Gasteiger partial charge on any atom is -0.310 e. The van der Waals surface area contributed by atoms with E-state index in [2.05, 4.69) is 190 Å². The van der Waals surface area contributed by atoms with Crippen LogP contribution in [0.15, 0.2) is 146 Å². The van der Waals surface area contributed by atoms with Gasteiger partial charge >= 0.3 is 0 Å². The van der Waals surface area contributed by atoms with Crippen molar-refractivity contribution in [1.29, 1.82) is 0 Å². The highest BCUT2D eigenvalue weighted by atomic mass is 15.1. The lowest BCUT2D eigenvalue weighted by Crippen LogP contribution is -2.48. The molecular weight excluding hydrogens is 725 g/mol. The van der Waals surface area contributed by atoms with Crippen LogP contribution in [0.2, 0.25) is 0 Å². The maximum absolute atomic E-state index is 2.51. The first-order valence-corrected chi connectivity index (χ1v) is 22.7. The molecule has 298 valence electrons. The first kappa shape index (κ1) is 36.3. The highest BCUT2D eigenvalue weighted by molar-refractivity contribution is 6.10. The van der Waals surface area contributed by atoms with E-state index in [0.717, 1.165) is 17.8 Å². The SMILES string of the molecule is Cc1ccc(-n2c3ccccc3c3ccc(N(c4ccc(C56CC7CC(CC(C7)C5)C6)cc4)c4ccc5ccccc5c4)cc32)cc1-c1ccc2c(c1)C(C)(C)CC2(C)C. The van der Waals surface area contributed by atoms with Crippen molar-refractivity contribution in [2.75, 3.05) is 4.90 Å². The Labute approximate surface area is 355 Å². The molecule has 0 atom stereocenters. The maximum atomic E-state index is 2.51. The van der Waals surface area contributed by atoms with E-state index in [4.69, 9.17) is 0 Å². The van der Waals surface area contributed by atoms with Crippen molar-refractivity contribution in [3.8, 4) is 16.8 Å². The van der Waals surface area contributed by atoms with Crippen molar-refractivity contribution in [2.24, 2.45) is 17.8 Å². The van der Waals surface area contributed by atoms with Gasteiger partial charge in [-0.2, -0.15) is 0 Å². The van der Waals surface area contributed by atoms with E-state index in [0.29, 0.717) is 5.41 Å². The van der Waals surface area contributed by atoms with Crippen molar-refractivity contribution in [2.45, 2.75) is 95.8 Å². The Morgan fingerprint density at radius 3 is 1.92 bits per heavy atom. The minimum absolute atomic E-state index is 0.148. The van der Waals surface area contributed by atoms with Crippen LogP contribution in [-0.4, -0.2) is 4.57 Å². The van der Waals surface area contributed by atoms with Crippen LogP contribution in [0.3, 0.4) is 0 Å². The second kappa shape index (κ2) is 13.0. The topological polar surface area (TPSA) is 8.17 Å². The van der Waals surface area contributed by atoms with Gasteiger partial charge in [0.05, 0.1) is 11.0 Å². The van der Waals surface area contributed by atoms with Crippen molar-refractivity contribution in [1.82, 2.24) is 4.57 Å². The summed E-state index contributed by atoms with van der Waals surface area (Å²) in [6.45, 7) is 11.9. The summed E-state index contributed by atoms with van der Waals surface area (Å²) in [6, 6.07) is 56.0. The fourth-order valence-electron chi connectivity index (χ4n) is 13.8. The quantitative estimate of drug-likeness (QED) is 0.163. The van der Waals surface area contributed by atoms with Crippen LogP contribution in [0.25, 0.3) is 49.4 Å². The number of hydrogen-bond acceptors (Lipinski definition) is 1. The van der Waals surface area contributed by atoms with E-state index in [-0.39, 0.29) is 10.8 Å². The Bertz CT molecular complexity index is 2970. The van der Waals surface area contributed by atoms with Crippen LogP contribution in [0, 0.1) is 24.7 Å². The van der Waals surface area contributed by atoms with Crippen molar-refractivity contribution < 1.29 is 0 Å². The summed E-state index contributed by atoms with van der Waals surface area (Å²) in [5.74, 6) is 2.79. The number of aryl methyl sites for hydroxylation is 1. The van der Waals surface area contributed by atoms with Gasteiger partial charge in [-0.3, -0.25) is 0 Å². The Balaban J connectivity index is 1.01. The Morgan fingerprint density at radius 1 is 0.517 bits per heavy atom. The van der Waals surface area contributed by atoms with Gasteiger partial charge in [0.1, 0.15) is 0 Å². The van der Waals surface area contributed by atoms with E-state index in [1.165, 1.54) is 128 Å². The van der Waals surface area contributed by atoms with Gasteiger partial charge in [0, 0.05) is 33.5 Å². The average molecular weight is 781 g/mol. The van der Waals surface area contributed by atoms with E-state index < -0.39 is 0 Å². The molecule has 5 aliphatic carbocycles. The number of hydrogen-bond donors (Lipinski definition) is 0. The predicted octanol–water partition coefficient (Wildman–Crippen LogP) is 15.8. The normalized spacial score (nSPS) is 23.4. The molecule has 0 saturated heterocycles. The van der Waals surface area contributed by atoms with Crippen LogP contribution in [0.4, 0.5) is 17.1 Å². The number of fused-ring (bicyclic) bond motifs is 5. The van der Waals surface area contributed by atoms with Crippen molar-refractivity contribution >= 4 is 49.6 Å². The van der Waals surface area contributed by atoms with Crippen molar-refractivity contribution in [3.05, 3.63) is 168 Å². The molecule has 2 heteroatoms. The first-order chi connectivity index (χ1) is 29.0. The predicted molar refractivity (Wildman–Crippen MR) is 254 cm³/mol. The van der Waals surface area contributed by atoms with Gasteiger partial charge in [-0.25, -0.2) is 0 Å².